The van der Waals surface area contributed by atoms with Crippen LogP contribution in [0.3, 0.4) is 0 Å². The van der Waals surface area contributed by atoms with E-state index in [1.54, 1.807) is 0 Å². The first kappa shape index (κ1) is 9.41. The van der Waals surface area contributed by atoms with Crippen LogP contribution < -0.4 is 5.32 Å². The maximum atomic E-state index is 8.36. The average molecular weight is 141 g/mol. The predicted octanol–water partition coefficient (Wildman–Crippen LogP) is 0.0513. The third kappa shape index (κ3) is 4.30. The topological polar surface area (TPSA) is 39.1 Å². The Labute approximate surface area is 62.6 Å². The molecule has 0 aliphatic carbocycles. The number of rotatable bonds is 5. The highest BCUT2D eigenvalue weighted by atomic mass is 15.1. The third-order valence-corrected chi connectivity index (χ3v) is 1.42. The van der Waals surface area contributed by atoms with E-state index in [0.717, 1.165) is 19.6 Å². The first-order chi connectivity index (χ1) is 4.85. The van der Waals surface area contributed by atoms with Crippen molar-refractivity contribution in [1.82, 2.24) is 10.2 Å². The van der Waals surface area contributed by atoms with Gasteiger partial charge in [-0.25, -0.2) is 0 Å². The van der Waals surface area contributed by atoms with Crippen LogP contribution in [0.4, 0.5) is 0 Å². The lowest BCUT2D eigenvalue weighted by molar-refractivity contribution is 0.324. The molecular weight excluding hydrogens is 126 g/mol. The van der Waals surface area contributed by atoms with Crippen LogP contribution in [-0.4, -0.2) is 38.1 Å². The summed E-state index contributed by atoms with van der Waals surface area (Å²) in [5.74, 6) is 0. The molecule has 0 radical (unpaired) electrons. The lowest BCUT2D eigenvalue weighted by atomic mass is 10.4. The molecule has 0 heterocycles. The van der Waals surface area contributed by atoms with Crippen molar-refractivity contribution in [1.29, 1.82) is 5.26 Å². The summed E-state index contributed by atoms with van der Waals surface area (Å²) in [6.07, 6.45) is 0. The number of nitrogens with zero attached hydrogens (tertiary/aromatic N) is 2. The van der Waals surface area contributed by atoms with Gasteiger partial charge in [-0.05, 0) is 13.6 Å². The molecule has 0 aromatic carbocycles. The molecule has 0 saturated heterocycles. The zero-order valence-electron chi connectivity index (χ0n) is 6.72. The Kier molecular flexibility index (Phi) is 6.14. The first-order valence-electron chi connectivity index (χ1n) is 3.59. The molecule has 0 aromatic heterocycles. The summed E-state index contributed by atoms with van der Waals surface area (Å²) in [7, 11) is 1.92. The summed E-state index contributed by atoms with van der Waals surface area (Å²) >= 11 is 0. The van der Waals surface area contributed by atoms with Gasteiger partial charge in [0.1, 0.15) is 0 Å². The maximum Gasteiger partial charge on any atom is 0.0866 e. The van der Waals surface area contributed by atoms with Crippen molar-refractivity contribution in [2.75, 3.05) is 33.2 Å². The number of hydrogen-bond donors (Lipinski definition) is 1. The average Bonchev–Trinajstić information content (AvgIpc) is 1.98. The van der Waals surface area contributed by atoms with E-state index in [1.165, 1.54) is 0 Å². The van der Waals surface area contributed by atoms with Crippen molar-refractivity contribution in [2.45, 2.75) is 6.92 Å². The van der Waals surface area contributed by atoms with Crippen LogP contribution in [0, 0.1) is 11.3 Å². The fraction of sp³-hybridized carbons (Fsp3) is 0.857. The predicted molar refractivity (Wildman–Crippen MR) is 41.7 cm³/mol. The van der Waals surface area contributed by atoms with Crippen molar-refractivity contribution < 1.29 is 0 Å². The lowest BCUT2D eigenvalue weighted by Crippen LogP contribution is -2.30. The minimum Gasteiger partial charge on any atom is -0.318 e. The van der Waals surface area contributed by atoms with Crippen molar-refractivity contribution in [3.63, 3.8) is 0 Å². The van der Waals surface area contributed by atoms with Crippen LogP contribution in [-0.2, 0) is 0 Å². The van der Waals surface area contributed by atoms with Crippen LogP contribution in [0.25, 0.3) is 0 Å². The highest BCUT2D eigenvalue weighted by molar-refractivity contribution is 4.75. The molecule has 0 aliphatic rings. The van der Waals surface area contributed by atoms with E-state index in [9.17, 15) is 0 Å². The van der Waals surface area contributed by atoms with Gasteiger partial charge in [0.15, 0.2) is 0 Å². The van der Waals surface area contributed by atoms with E-state index in [0.29, 0.717) is 6.54 Å². The summed E-state index contributed by atoms with van der Waals surface area (Å²) in [4.78, 5) is 2.09. The first-order valence-corrected chi connectivity index (χ1v) is 3.59. The third-order valence-electron chi connectivity index (χ3n) is 1.42. The molecule has 0 rings (SSSR count). The van der Waals surface area contributed by atoms with E-state index >= 15 is 0 Å². The molecule has 0 fully saturated rings. The zero-order valence-corrected chi connectivity index (χ0v) is 6.72. The van der Waals surface area contributed by atoms with E-state index in [-0.39, 0.29) is 0 Å². The Bertz CT molecular complexity index is 106. The quantitative estimate of drug-likeness (QED) is 0.550. The number of likely N-dealkylation sites (N-methyl/N-ethyl adjacent to an activating group) is 2. The van der Waals surface area contributed by atoms with E-state index in [1.807, 2.05) is 7.05 Å². The van der Waals surface area contributed by atoms with Crippen molar-refractivity contribution in [2.24, 2.45) is 0 Å². The van der Waals surface area contributed by atoms with Crippen LogP contribution in [0.5, 0.6) is 0 Å². The zero-order chi connectivity index (χ0) is 7.82. The summed E-state index contributed by atoms with van der Waals surface area (Å²) in [5.41, 5.74) is 0. The second-order valence-corrected chi connectivity index (χ2v) is 2.13. The smallest absolute Gasteiger partial charge is 0.0866 e. The molecule has 0 bridgehead atoms. The highest BCUT2D eigenvalue weighted by Crippen LogP contribution is 1.82. The summed E-state index contributed by atoms with van der Waals surface area (Å²) in [6.45, 7) is 5.47. The Morgan fingerprint density at radius 2 is 2.30 bits per heavy atom. The Balaban J connectivity index is 3.32. The molecule has 3 nitrogen and oxygen atoms in total. The van der Waals surface area contributed by atoms with Gasteiger partial charge in [-0.3, -0.25) is 4.90 Å². The Hall–Kier alpha value is -0.590. The fourth-order valence-electron chi connectivity index (χ4n) is 0.719. The van der Waals surface area contributed by atoms with Crippen LogP contribution in [0.15, 0.2) is 0 Å². The van der Waals surface area contributed by atoms with Gasteiger partial charge < -0.3 is 5.32 Å². The Morgan fingerprint density at radius 3 is 2.70 bits per heavy atom. The van der Waals surface area contributed by atoms with Gasteiger partial charge >= 0.3 is 0 Å². The van der Waals surface area contributed by atoms with Crippen molar-refractivity contribution in [3.8, 4) is 6.07 Å². The molecule has 0 saturated carbocycles. The van der Waals surface area contributed by atoms with E-state index in [2.05, 4.69) is 23.2 Å². The normalized spacial score (nSPS) is 9.80. The molecule has 58 valence electrons. The summed E-state index contributed by atoms with van der Waals surface area (Å²) < 4.78 is 0. The van der Waals surface area contributed by atoms with Gasteiger partial charge in [0.05, 0.1) is 12.6 Å². The number of hydrogen-bond acceptors (Lipinski definition) is 3. The molecule has 0 aromatic rings. The molecule has 3 heteroatoms. The molecule has 0 amide bonds. The summed E-state index contributed by atoms with van der Waals surface area (Å²) in [5, 5.41) is 11.4. The minimum absolute atomic E-state index is 0.540. The van der Waals surface area contributed by atoms with E-state index in [4.69, 9.17) is 5.26 Å². The molecular formula is C7H15N3. The molecule has 0 aliphatic heterocycles. The summed E-state index contributed by atoms with van der Waals surface area (Å²) in [6, 6.07) is 2.13. The monoisotopic (exact) mass is 141 g/mol. The van der Waals surface area contributed by atoms with Crippen LogP contribution in [0.1, 0.15) is 6.92 Å². The van der Waals surface area contributed by atoms with Crippen molar-refractivity contribution in [3.05, 3.63) is 0 Å². The van der Waals surface area contributed by atoms with Gasteiger partial charge in [0.2, 0.25) is 0 Å². The largest absolute Gasteiger partial charge is 0.318 e. The minimum atomic E-state index is 0.540. The molecule has 0 atom stereocenters. The SMILES string of the molecule is CCN(CC#N)CCNC. The Morgan fingerprint density at radius 1 is 1.60 bits per heavy atom. The maximum absolute atomic E-state index is 8.36. The standard InChI is InChI=1S/C7H15N3/c1-3-10(6-4-8)7-5-9-2/h9H,3,5-7H2,1-2H3. The van der Waals surface area contributed by atoms with Gasteiger partial charge in [-0.1, -0.05) is 6.92 Å². The number of nitrogens with one attached hydrogen (secondary N) is 1. The molecule has 1 N–H and O–H groups in total. The van der Waals surface area contributed by atoms with Crippen LogP contribution >= 0.6 is 0 Å². The van der Waals surface area contributed by atoms with E-state index < -0.39 is 0 Å². The van der Waals surface area contributed by atoms with Crippen molar-refractivity contribution >= 4 is 0 Å². The molecule has 10 heavy (non-hydrogen) atoms. The molecule has 0 unspecified atom stereocenters. The molecule has 0 spiro atoms. The fourth-order valence-corrected chi connectivity index (χ4v) is 0.719. The second-order valence-electron chi connectivity index (χ2n) is 2.13. The lowest BCUT2D eigenvalue weighted by Gasteiger charge is -2.15. The van der Waals surface area contributed by atoms with Gasteiger partial charge in [0.25, 0.3) is 0 Å². The second kappa shape index (κ2) is 6.53. The van der Waals surface area contributed by atoms with Gasteiger partial charge in [-0.2, -0.15) is 5.26 Å². The highest BCUT2D eigenvalue weighted by Gasteiger charge is 1.97. The van der Waals surface area contributed by atoms with Crippen LogP contribution in [0.2, 0.25) is 0 Å². The van der Waals surface area contributed by atoms with Gasteiger partial charge in [0, 0.05) is 13.1 Å². The van der Waals surface area contributed by atoms with Gasteiger partial charge in [-0.15, -0.1) is 0 Å². The number of nitriles is 1.